The van der Waals surface area contributed by atoms with Crippen molar-refractivity contribution < 1.29 is 9.90 Å². The van der Waals surface area contributed by atoms with E-state index in [1.54, 1.807) is 30.1 Å². The van der Waals surface area contributed by atoms with Gasteiger partial charge in [-0.15, -0.1) is 0 Å². The highest BCUT2D eigenvalue weighted by molar-refractivity contribution is 5.90. The molecule has 0 bridgehead atoms. The molecule has 5 heteroatoms. The van der Waals surface area contributed by atoms with Crippen LogP contribution in [0.25, 0.3) is 11.1 Å². The molecule has 2 heterocycles. The van der Waals surface area contributed by atoms with Gasteiger partial charge in [0.1, 0.15) is 0 Å². The summed E-state index contributed by atoms with van der Waals surface area (Å²) in [6.45, 7) is 1.68. The van der Waals surface area contributed by atoms with E-state index in [1.165, 1.54) is 0 Å². The maximum absolute atomic E-state index is 10.9. The van der Waals surface area contributed by atoms with Crippen molar-refractivity contribution in [3.8, 4) is 11.1 Å². The molecule has 2 rings (SSSR count). The predicted octanol–water partition coefficient (Wildman–Crippen LogP) is 1.49. The summed E-state index contributed by atoms with van der Waals surface area (Å²) in [6, 6.07) is 1.61. The Balaban J connectivity index is 2.51. The van der Waals surface area contributed by atoms with Gasteiger partial charge in [-0.1, -0.05) is 0 Å². The highest BCUT2D eigenvalue weighted by Crippen LogP contribution is 2.19. The fourth-order valence-electron chi connectivity index (χ4n) is 1.48. The van der Waals surface area contributed by atoms with Gasteiger partial charge in [0.05, 0.1) is 17.5 Å². The average molecular weight is 217 g/mol. The van der Waals surface area contributed by atoms with Crippen molar-refractivity contribution >= 4 is 5.97 Å². The van der Waals surface area contributed by atoms with Crippen molar-refractivity contribution in [3.05, 3.63) is 35.9 Å². The highest BCUT2D eigenvalue weighted by Gasteiger charge is 2.10. The molecular formula is C11H11N3O2. The predicted molar refractivity (Wildman–Crippen MR) is 58.1 cm³/mol. The molecule has 0 saturated carbocycles. The van der Waals surface area contributed by atoms with Crippen molar-refractivity contribution in [2.24, 2.45) is 7.05 Å². The number of pyridine rings is 1. The molecule has 0 saturated heterocycles. The molecule has 0 aliphatic rings. The number of nitrogens with zero attached hydrogens (tertiary/aromatic N) is 3. The maximum Gasteiger partial charge on any atom is 0.337 e. The summed E-state index contributed by atoms with van der Waals surface area (Å²) in [6.07, 6.45) is 5.15. The van der Waals surface area contributed by atoms with Crippen LogP contribution in [0.1, 0.15) is 16.1 Å². The standard InChI is InChI=1S/C11H11N3O2/c1-7-10(11(15)16)3-8(4-12-7)9-5-13-14(2)6-9/h3-6H,1-2H3,(H,15,16). The zero-order valence-corrected chi connectivity index (χ0v) is 9.01. The lowest BCUT2D eigenvalue weighted by molar-refractivity contribution is 0.0695. The van der Waals surface area contributed by atoms with Gasteiger partial charge in [-0.3, -0.25) is 9.67 Å². The Morgan fingerprint density at radius 3 is 2.69 bits per heavy atom. The first-order valence-corrected chi connectivity index (χ1v) is 4.77. The fourth-order valence-corrected chi connectivity index (χ4v) is 1.48. The van der Waals surface area contributed by atoms with Gasteiger partial charge in [-0.25, -0.2) is 4.79 Å². The number of rotatable bonds is 2. The van der Waals surface area contributed by atoms with Crippen LogP contribution in [0.3, 0.4) is 0 Å². The Labute approximate surface area is 92.4 Å². The number of hydrogen-bond donors (Lipinski definition) is 1. The van der Waals surface area contributed by atoms with E-state index in [2.05, 4.69) is 10.1 Å². The zero-order valence-electron chi connectivity index (χ0n) is 9.01. The lowest BCUT2D eigenvalue weighted by Gasteiger charge is -2.02. The van der Waals surface area contributed by atoms with E-state index in [0.29, 0.717) is 5.69 Å². The van der Waals surface area contributed by atoms with Gasteiger partial charge in [-0.2, -0.15) is 5.10 Å². The van der Waals surface area contributed by atoms with E-state index < -0.39 is 5.97 Å². The first-order chi connectivity index (χ1) is 7.58. The number of aromatic carboxylic acids is 1. The Bertz CT molecular complexity index is 546. The largest absolute Gasteiger partial charge is 0.478 e. The van der Waals surface area contributed by atoms with Crippen LogP contribution in [0.5, 0.6) is 0 Å². The molecule has 0 fully saturated rings. The summed E-state index contributed by atoms with van der Waals surface area (Å²) in [4.78, 5) is 15.0. The molecule has 0 atom stereocenters. The Morgan fingerprint density at radius 1 is 1.38 bits per heavy atom. The smallest absolute Gasteiger partial charge is 0.337 e. The topological polar surface area (TPSA) is 68.0 Å². The van der Waals surface area contributed by atoms with Crippen molar-refractivity contribution in [1.82, 2.24) is 14.8 Å². The van der Waals surface area contributed by atoms with Crippen LogP contribution < -0.4 is 0 Å². The molecule has 5 nitrogen and oxygen atoms in total. The molecule has 2 aromatic heterocycles. The van der Waals surface area contributed by atoms with Gasteiger partial charge in [0.2, 0.25) is 0 Å². The van der Waals surface area contributed by atoms with Crippen LogP contribution in [0, 0.1) is 6.92 Å². The third kappa shape index (κ3) is 1.79. The number of aryl methyl sites for hydroxylation is 2. The molecule has 0 aromatic carbocycles. The first-order valence-electron chi connectivity index (χ1n) is 4.77. The number of carboxylic acid groups (broad SMARTS) is 1. The Hall–Kier alpha value is -2.17. The van der Waals surface area contributed by atoms with Gasteiger partial charge in [0.25, 0.3) is 0 Å². The molecule has 0 radical (unpaired) electrons. The molecule has 16 heavy (non-hydrogen) atoms. The van der Waals surface area contributed by atoms with Gasteiger partial charge in [0.15, 0.2) is 0 Å². The third-order valence-corrected chi connectivity index (χ3v) is 2.36. The number of carbonyl (C=O) groups is 1. The van der Waals surface area contributed by atoms with Crippen LogP contribution in [0.15, 0.2) is 24.7 Å². The quantitative estimate of drug-likeness (QED) is 0.827. The number of aromatic nitrogens is 3. The molecule has 0 aliphatic heterocycles. The minimum absolute atomic E-state index is 0.223. The van der Waals surface area contributed by atoms with Gasteiger partial charge < -0.3 is 5.11 Å². The summed E-state index contributed by atoms with van der Waals surface area (Å²) in [5.41, 5.74) is 2.36. The van der Waals surface area contributed by atoms with Crippen molar-refractivity contribution in [3.63, 3.8) is 0 Å². The van der Waals surface area contributed by atoms with Crippen molar-refractivity contribution in [1.29, 1.82) is 0 Å². The van der Waals surface area contributed by atoms with Gasteiger partial charge >= 0.3 is 5.97 Å². The Kier molecular flexibility index (Phi) is 2.44. The zero-order chi connectivity index (χ0) is 11.7. The van der Waals surface area contributed by atoms with E-state index >= 15 is 0 Å². The lowest BCUT2D eigenvalue weighted by Crippen LogP contribution is -2.01. The minimum atomic E-state index is -0.962. The number of hydrogen-bond acceptors (Lipinski definition) is 3. The maximum atomic E-state index is 10.9. The van der Waals surface area contributed by atoms with Crippen LogP contribution in [0.2, 0.25) is 0 Å². The Morgan fingerprint density at radius 2 is 2.12 bits per heavy atom. The minimum Gasteiger partial charge on any atom is -0.478 e. The molecule has 2 aromatic rings. The average Bonchev–Trinajstić information content (AvgIpc) is 2.65. The molecule has 0 spiro atoms. The molecule has 82 valence electrons. The van der Waals surface area contributed by atoms with Gasteiger partial charge in [0, 0.05) is 30.6 Å². The van der Waals surface area contributed by atoms with Crippen LogP contribution >= 0.6 is 0 Å². The molecule has 0 aliphatic carbocycles. The summed E-state index contributed by atoms with van der Waals surface area (Å²) in [7, 11) is 1.81. The summed E-state index contributed by atoms with van der Waals surface area (Å²) >= 11 is 0. The second kappa shape index (κ2) is 3.77. The van der Waals surface area contributed by atoms with Crippen LogP contribution in [-0.2, 0) is 7.05 Å². The van der Waals surface area contributed by atoms with E-state index in [1.807, 2.05) is 13.2 Å². The first kappa shape index (κ1) is 10.4. The summed E-state index contributed by atoms with van der Waals surface area (Å²) < 4.78 is 1.66. The van der Waals surface area contributed by atoms with Crippen LogP contribution in [0.4, 0.5) is 0 Å². The van der Waals surface area contributed by atoms with Crippen LogP contribution in [-0.4, -0.2) is 25.8 Å². The molecular weight excluding hydrogens is 206 g/mol. The third-order valence-electron chi connectivity index (χ3n) is 2.36. The van der Waals surface area contributed by atoms with Crippen molar-refractivity contribution in [2.45, 2.75) is 6.92 Å². The molecule has 0 amide bonds. The van der Waals surface area contributed by atoms with E-state index in [0.717, 1.165) is 11.1 Å². The van der Waals surface area contributed by atoms with E-state index in [9.17, 15) is 4.79 Å². The highest BCUT2D eigenvalue weighted by atomic mass is 16.4. The number of carboxylic acids is 1. The lowest BCUT2D eigenvalue weighted by atomic mass is 10.1. The summed E-state index contributed by atoms with van der Waals surface area (Å²) in [5, 5.41) is 13.0. The monoisotopic (exact) mass is 217 g/mol. The van der Waals surface area contributed by atoms with E-state index in [4.69, 9.17) is 5.11 Å². The normalized spacial score (nSPS) is 10.4. The molecule has 0 unspecified atom stereocenters. The fraction of sp³-hybridized carbons (Fsp3) is 0.182. The van der Waals surface area contributed by atoms with Crippen molar-refractivity contribution in [2.75, 3.05) is 0 Å². The van der Waals surface area contributed by atoms with Gasteiger partial charge in [-0.05, 0) is 13.0 Å². The SMILES string of the molecule is Cc1ncc(-c2cnn(C)c2)cc1C(=O)O. The second-order valence-corrected chi connectivity index (χ2v) is 3.56. The van der Waals surface area contributed by atoms with E-state index in [-0.39, 0.29) is 5.56 Å². The molecule has 1 N–H and O–H groups in total. The second-order valence-electron chi connectivity index (χ2n) is 3.56. The summed E-state index contributed by atoms with van der Waals surface area (Å²) in [5.74, 6) is -0.962.